The summed E-state index contributed by atoms with van der Waals surface area (Å²) in [7, 11) is 0. The van der Waals surface area contributed by atoms with E-state index in [1.807, 2.05) is 20.8 Å². The van der Waals surface area contributed by atoms with Crippen LogP contribution >= 0.6 is 11.8 Å². The average Bonchev–Trinajstić information content (AvgIpc) is 2.10. The summed E-state index contributed by atoms with van der Waals surface area (Å²) in [5.74, 6) is -0.0597. The minimum Gasteiger partial charge on any atom is -0.344 e. The van der Waals surface area contributed by atoms with Gasteiger partial charge < -0.3 is 4.90 Å². The van der Waals surface area contributed by atoms with Crippen LogP contribution in [0.3, 0.4) is 0 Å². The van der Waals surface area contributed by atoms with Crippen molar-refractivity contribution in [3.63, 3.8) is 0 Å². The maximum atomic E-state index is 12.3. The molecule has 0 unspecified atom stereocenters. The highest BCUT2D eigenvalue weighted by atomic mass is 32.2. The molecule has 0 aliphatic heterocycles. The van der Waals surface area contributed by atoms with Crippen molar-refractivity contribution in [1.29, 1.82) is 0 Å². The third-order valence-corrected chi connectivity index (χ3v) is 3.60. The highest BCUT2D eigenvalue weighted by Crippen LogP contribution is 2.27. The second-order valence-electron chi connectivity index (χ2n) is 7.75. The van der Waals surface area contributed by atoms with Gasteiger partial charge in [-0.25, -0.2) is 0 Å². The van der Waals surface area contributed by atoms with Gasteiger partial charge in [0.2, 0.25) is 0 Å². The summed E-state index contributed by atoms with van der Waals surface area (Å²) in [6.45, 7) is 20.7. The van der Waals surface area contributed by atoms with E-state index in [2.05, 4.69) is 58.4 Å². The molecule has 0 fully saturated rings. The molecule has 0 aromatic carbocycles. The summed E-state index contributed by atoms with van der Waals surface area (Å²) in [6, 6.07) is 0.299. The van der Waals surface area contributed by atoms with Crippen molar-refractivity contribution in [3.05, 3.63) is 0 Å². The van der Waals surface area contributed by atoms with Crippen LogP contribution in [0.1, 0.15) is 69.2 Å². The number of carbonyl (C=O) groups is 1. The van der Waals surface area contributed by atoms with E-state index in [0.717, 1.165) is 5.17 Å². The molecule has 0 aliphatic rings. The quantitative estimate of drug-likeness (QED) is 0.553. The maximum Gasteiger partial charge on any atom is 0.253 e. The molecular formula is C16H32N2OS. The number of thioether (sulfide) groups is 1. The van der Waals surface area contributed by atoms with Crippen LogP contribution in [-0.2, 0) is 4.79 Å². The van der Waals surface area contributed by atoms with Crippen molar-refractivity contribution >= 4 is 22.8 Å². The van der Waals surface area contributed by atoms with E-state index in [0.29, 0.717) is 11.3 Å². The number of nitrogens with zero attached hydrogens (tertiary/aromatic N) is 2. The van der Waals surface area contributed by atoms with Gasteiger partial charge in [0.05, 0.1) is 0 Å². The fraction of sp³-hybridized carbons (Fsp3) is 0.875. The van der Waals surface area contributed by atoms with Crippen LogP contribution in [-0.4, -0.2) is 32.8 Å². The molecule has 3 nitrogen and oxygen atoms in total. The van der Waals surface area contributed by atoms with Gasteiger partial charge in [0.15, 0.2) is 5.17 Å². The first-order valence-corrected chi connectivity index (χ1v) is 8.24. The topological polar surface area (TPSA) is 32.7 Å². The van der Waals surface area contributed by atoms with Crippen LogP contribution in [0.4, 0.5) is 0 Å². The van der Waals surface area contributed by atoms with E-state index in [-0.39, 0.29) is 11.4 Å². The smallest absolute Gasteiger partial charge is 0.253 e. The van der Waals surface area contributed by atoms with E-state index in [1.165, 1.54) is 0 Å². The van der Waals surface area contributed by atoms with E-state index >= 15 is 0 Å². The van der Waals surface area contributed by atoms with Gasteiger partial charge in [-0.15, -0.1) is 0 Å². The first kappa shape index (κ1) is 19.5. The lowest BCUT2D eigenvalue weighted by Crippen LogP contribution is -2.49. The van der Waals surface area contributed by atoms with Crippen molar-refractivity contribution in [1.82, 2.24) is 4.90 Å². The largest absolute Gasteiger partial charge is 0.344 e. The first-order valence-electron chi connectivity index (χ1n) is 7.36. The molecule has 0 aromatic rings. The van der Waals surface area contributed by atoms with E-state index in [9.17, 15) is 4.79 Å². The Morgan fingerprint density at radius 3 is 1.70 bits per heavy atom. The van der Waals surface area contributed by atoms with Gasteiger partial charge in [-0.1, -0.05) is 46.4 Å². The molecule has 20 heavy (non-hydrogen) atoms. The Bertz CT molecular complexity index is 360. The molecule has 0 rings (SSSR count). The zero-order valence-electron chi connectivity index (χ0n) is 14.9. The second kappa shape index (κ2) is 6.97. The van der Waals surface area contributed by atoms with Crippen LogP contribution < -0.4 is 0 Å². The van der Waals surface area contributed by atoms with Crippen molar-refractivity contribution in [3.8, 4) is 0 Å². The monoisotopic (exact) mass is 300 g/mol. The van der Waals surface area contributed by atoms with Crippen LogP contribution in [0.25, 0.3) is 0 Å². The van der Waals surface area contributed by atoms with E-state index in [1.54, 1.807) is 11.8 Å². The zero-order valence-corrected chi connectivity index (χ0v) is 15.7. The van der Waals surface area contributed by atoms with Crippen LogP contribution in [0.2, 0.25) is 0 Å². The summed E-state index contributed by atoms with van der Waals surface area (Å²) in [5.41, 5.74) is -0.504. The summed E-state index contributed by atoms with van der Waals surface area (Å²) < 4.78 is 0. The Morgan fingerprint density at radius 2 is 1.45 bits per heavy atom. The lowest BCUT2D eigenvalue weighted by Gasteiger charge is -2.41. The molecule has 118 valence electrons. The Labute approximate surface area is 129 Å². The fourth-order valence-corrected chi connectivity index (χ4v) is 3.04. The number of amides is 1. The van der Waals surface area contributed by atoms with Gasteiger partial charge in [-0.2, -0.15) is 4.99 Å². The molecule has 0 saturated carbocycles. The number of carbonyl (C=O) groups excluding carboxylic acids is 1. The number of hydrogen-bond donors (Lipinski definition) is 0. The summed E-state index contributed by atoms with van der Waals surface area (Å²) in [4.78, 5) is 19.0. The zero-order chi connectivity index (χ0) is 16.3. The standard InChI is InChI=1S/C16H32N2OS/c1-11(2)18(16(8,9)10)14(20-12(3)4)17-13(19)15(5,6)7/h11-12H,1-10H3. The summed E-state index contributed by atoms with van der Waals surface area (Å²) in [5, 5.41) is 1.23. The minimum absolute atomic E-state index is 0.0597. The molecule has 0 bridgehead atoms. The maximum absolute atomic E-state index is 12.3. The van der Waals surface area contributed by atoms with E-state index < -0.39 is 5.41 Å². The molecule has 0 radical (unpaired) electrons. The van der Waals surface area contributed by atoms with Crippen molar-refractivity contribution in [2.75, 3.05) is 0 Å². The fourth-order valence-electron chi connectivity index (χ4n) is 1.88. The number of rotatable bonds is 2. The number of hydrogen-bond acceptors (Lipinski definition) is 2. The van der Waals surface area contributed by atoms with Crippen LogP contribution in [0, 0.1) is 5.41 Å². The second-order valence-corrected chi connectivity index (χ2v) is 9.29. The van der Waals surface area contributed by atoms with Crippen LogP contribution in [0.5, 0.6) is 0 Å². The van der Waals surface area contributed by atoms with E-state index in [4.69, 9.17) is 0 Å². The van der Waals surface area contributed by atoms with Crippen molar-refractivity contribution < 1.29 is 4.79 Å². The van der Waals surface area contributed by atoms with Gasteiger partial charge in [-0.05, 0) is 34.6 Å². The minimum atomic E-state index is -0.441. The molecule has 0 N–H and O–H groups in total. The molecular weight excluding hydrogens is 268 g/mol. The van der Waals surface area contributed by atoms with Crippen molar-refractivity contribution in [2.45, 2.75) is 86.1 Å². The van der Waals surface area contributed by atoms with Crippen LogP contribution in [0.15, 0.2) is 4.99 Å². The van der Waals surface area contributed by atoms with Gasteiger partial charge in [0, 0.05) is 22.2 Å². The molecule has 0 saturated heterocycles. The summed E-state index contributed by atoms with van der Waals surface area (Å²) in [6.07, 6.45) is 0. The van der Waals surface area contributed by atoms with Gasteiger partial charge in [0.25, 0.3) is 5.91 Å². The van der Waals surface area contributed by atoms with Crippen molar-refractivity contribution in [2.24, 2.45) is 10.4 Å². The summed E-state index contributed by atoms with van der Waals surface area (Å²) >= 11 is 1.66. The Hall–Kier alpha value is -0.510. The third kappa shape index (κ3) is 6.29. The average molecular weight is 301 g/mol. The normalized spacial score (nSPS) is 14.1. The molecule has 0 aliphatic carbocycles. The predicted octanol–water partition coefficient (Wildman–Crippen LogP) is 4.57. The molecule has 0 atom stereocenters. The molecule has 0 spiro atoms. The molecule has 0 heterocycles. The SMILES string of the molecule is CC(C)SC(=NC(=O)C(C)(C)C)N(C(C)C)C(C)(C)C. The highest BCUT2D eigenvalue weighted by Gasteiger charge is 2.30. The lowest BCUT2D eigenvalue weighted by molar-refractivity contribution is -0.124. The molecule has 0 aromatic heterocycles. The van der Waals surface area contributed by atoms with Gasteiger partial charge in [0.1, 0.15) is 0 Å². The Morgan fingerprint density at radius 1 is 1.00 bits per heavy atom. The Balaban J connectivity index is 5.65. The number of amidine groups is 1. The number of aliphatic imine (C=N–C) groups is 1. The van der Waals surface area contributed by atoms with Gasteiger partial charge >= 0.3 is 0 Å². The molecule has 4 heteroatoms. The van der Waals surface area contributed by atoms with Gasteiger partial charge in [-0.3, -0.25) is 4.79 Å². The first-order chi connectivity index (χ1) is 8.76. The predicted molar refractivity (Wildman–Crippen MR) is 91.4 cm³/mol. The molecule has 1 amide bonds. The Kier molecular flexibility index (Phi) is 6.79. The lowest BCUT2D eigenvalue weighted by atomic mass is 9.96. The highest BCUT2D eigenvalue weighted by molar-refractivity contribution is 8.14. The third-order valence-electron chi connectivity index (χ3n) is 2.63.